The van der Waals surface area contributed by atoms with Crippen LogP contribution in [0.25, 0.3) is 0 Å². The van der Waals surface area contributed by atoms with Gasteiger partial charge in [-0.3, -0.25) is 0 Å². The lowest BCUT2D eigenvalue weighted by Crippen LogP contribution is -2.12. The second kappa shape index (κ2) is 8.80. The Morgan fingerprint density at radius 2 is 1.85 bits per heavy atom. The van der Waals surface area contributed by atoms with E-state index in [1.54, 1.807) is 0 Å². The van der Waals surface area contributed by atoms with Crippen LogP contribution in [-0.4, -0.2) is 11.6 Å². The van der Waals surface area contributed by atoms with Crippen LogP contribution in [-0.2, 0) is 0 Å². The van der Waals surface area contributed by atoms with Gasteiger partial charge < -0.3 is 4.74 Å². The quantitative estimate of drug-likeness (QED) is 0.536. The summed E-state index contributed by atoms with van der Waals surface area (Å²) in [6, 6.07) is 9.52. The van der Waals surface area contributed by atoms with Gasteiger partial charge in [-0.1, -0.05) is 30.9 Å². The fourth-order valence-electron chi connectivity index (χ4n) is 3.30. The number of benzene rings is 1. The van der Waals surface area contributed by atoms with Gasteiger partial charge in [-0.05, 0) is 61.8 Å². The van der Waals surface area contributed by atoms with Crippen molar-refractivity contribution in [1.82, 2.24) is 4.98 Å². The summed E-state index contributed by atoms with van der Waals surface area (Å²) in [5.41, 5.74) is 1.78. The molecular formula is C22H23F2NO. The molecule has 1 heterocycles. The third-order valence-electron chi connectivity index (χ3n) is 4.77. The maximum Gasteiger partial charge on any atom is 0.248 e. The lowest BCUT2D eigenvalue weighted by atomic mass is 9.79. The van der Waals surface area contributed by atoms with Crippen LogP contribution in [0, 0.1) is 29.5 Å². The van der Waals surface area contributed by atoms with Crippen molar-refractivity contribution in [3.8, 4) is 17.6 Å². The van der Waals surface area contributed by atoms with E-state index in [-0.39, 0.29) is 0 Å². The maximum atomic E-state index is 13.2. The van der Waals surface area contributed by atoms with Crippen molar-refractivity contribution in [3.63, 3.8) is 0 Å². The van der Waals surface area contributed by atoms with Gasteiger partial charge in [-0.2, -0.15) is 4.39 Å². The first-order valence-corrected chi connectivity index (χ1v) is 9.21. The first-order valence-electron chi connectivity index (χ1n) is 9.21. The average molecular weight is 355 g/mol. The van der Waals surface area contributed by atoms with Crippen LogP contribution >= 0.6 is 0 Å². The molecule has 1 aliphatic carbocycles. The van der Waals surface area contributed by atoms with E-state index in [2.05, 4.69) is 35.9 Å². The fraction of sp³-hybridized carbons (Fsp3) is 0.409. The lowest BCUT2D eigenvalue weighted by molar-refractivity contribution is 0.317. The Morgan fingerprint density at radius 1 is 1.12 bits per heavy atom. The summed E-state index contributed by atoms with van der Waals surface area (Å²) in [5, 5.41) is 0. The average Bonchev–Trinajstić information content (AvgIpc) is 2.68. The van der Waals surface area contributed by atoms with Gasteiger partial charge >= 0.3 is 0 Å². The van der Waals surface area contributed by atoms with Crippen LogP contribution in [0.1, 0.15) is 56.1 Å². The minimum atomic E-state index is -1.08. The van der Waals surface area contributed by atoms with E-state index in [1.165, 1.54) is 11.8 Å². The van der Waals surface area contributed by atoms with E-state index in [1.807, 2.05) is 12.1 Å². The number of hydrogen-bond acceptors (Lipinski definition) is 2. The van der Waals surface area contributed by atoms with Gasteiger partial charge in [0.2, 0.25) is 5.95 Å². The van der Waals surface area contributed by atoms with Crippen LogP contribution in [0.2, 0.25) is 0 Å². The van der Waals surface area contributed by atoms with Crippen LogP contribution in [0.15, 0.2) is 36.5 Å². The van der Waals surface area contributed by atoms with Crippen molar-refractivity contribution in [2.75, 3.05) is 6.61 Å². The fourth-order valence-corrected chi connectivity index (χ4v) is 3.30. The molecular weight excluding hydrogens is 332 g/mol. The zero-order chi connectivity index (χ0) is 18.4. The molecule has 0 atom stereocenters. The van der Waals surface area contributed by atoms with Crippen molar-refractivity contribution in [2.24, 2.45) is 5.92 Å². The van der Waals surface area contributed by atoms with Crippen molar-refractivity contribution in [3.05, 3.63) is 59.4 Å². The van der Waals surface area contributed by atoms with Crippen molar-refractivity contribution >= 4 is 0 Å². The number of pyridine rings is 1. The zero-order valence-corrected chi connectivity index (χ0v) is 15.0. The van der Waals surface area contributed by atoms with Gasteiger partial charge in [0.1, 0.15) is 5.75 Å². The van der Waals surface area contributed by atoms with E-state index in [0.29, 0.717) is 17.4 Å². The molecule has 2 nitrogen and oxygen atoms in total. The molecule has 0 bridgehead atoms. The predicted octanol–water partition coefficient (Wildman–Crippen LogP) is 5.47. The Bertz CT molecular complexity index is 784. The highest BCUT2D eigenvalue weighted by atomic mass is 19.2. The smallest absolute Gasteiger partial charge is 0.248 e. The summed E-state index contributed by atoms with van der Waals surface area (Å²) >= 11 is 0. The van der Waals surface area contributed by atoms with E-state index < -0.39 is 11.8 Å². The molecule has 4 heteroatoms. The number of nitrogens with zero attached hydrogens (tertiary/aromatic N) is 1. The van der Waals surface area contributed by atoms with Crippen LogP contribution in [0.4, 0.5) is 8.78 Å². The molecule has 2 aromatic rings. The minimum Gasteiger partial charge on any atom is -0.494 e. The lowest BCUT2D eigenvalue weighted by Gasteiger charge is -2.26. The number of rotatable bonds is 4. The molecule has 136 valence electrons. The molecule has 0 amide bonds. The minimum absolute atomic E-state index is 0.298. The van der Waals surface area contributed by atoms with E-state index in [0.717, 1.165) is 50.5 Å². The highest BCUT2D eigenvalue weighted by molar-refractivity contribution is 5.33. The number of ether oxygens (including phenoxy) is 1. The Balaban J connectivity index is 1.54. The van der Waals surface area contributed by atoms with Crippen LogP contribution < -0.4 is 4.74 Å². The Labute approximate surface area is 153 Å². The number of halogens is 2. The van der Waals surface area contributed by atoms with Crippen LogP contribution in [0.3, 0.4) is 0 Å². The summed E-state index contributed by atoms with van der Waals surface area (Å²) in [4.78, 5) is 3.37. The molecule has 1 aromatic heterocycles. The molecule has 0 N–H and O–H groups in total. The number of aromatic nitrogens is 1. The van der Waals surface area contributed by atoms with Crippen molar-refractivity contribution in [2.45, 2.75) is 44.9 Å². The molecule has 0 radical (unpaired) electrons. The second-order valence-electron chi connectivity index (χ2n) is 6.73. The standard InChI is InChI=1S/C22H23F2NO/c1-2-13-26-20-11-9-19(10-12-20)18-7-5-16(6-8-18)3-4-17-14-21(23)22(24)25-15-17/h9-12,14-16,18H,2,5-8,13H2,1H3. The first kappa shape index (κ1) is 18.4. The first-order chi connectivity index (χ1) is 12.7. The van der Waals surface area contributed by atoms with Gasteiger partial charge in [-0.15, -0.1) is 0 Å². The molecule has 1 saturated carbocycles. The molecule has 0 spiro atoms. The third kappa shape index (κ3) is 4.82. The second-order valence-corrected chi connectivity index (χ2v) is 6.73. The van der Waals surface area contributed by atoms with Crippen molar-refractivity contribution < 1.29 is 13.5 Å². The van der Waals surface area contributed by atoms with Gasteiger partial charge in [0, 0.05) is 17.7 Å². The molecule has 0 saturated heterocycles. The molecule has 0 aliphatic heterocycles. The summed E-state index contributed by atoms with van der Waals surface area (Å²) < 4.78 is 31.6. The molecule has 1 aliphatic rings. The molecule has 1 fully saturated rings. The SMILES string of the molecule is CCCOc1ccc(C2CCC(C#Cc3cnc(F)c(F)c3)CC2)cc1. The van der Waals surface area contributed by atoms with Gasteiger partial charge in [0.05, 0.1) is 6.61 Å². The zero-order valence-electron chi connectivity index (χ0n) is 15.0. The Morgan fingerprint density at radius 3 is 2.50 bits per heavy atom. The highest BCUT2D eigenvalue weighted by Gasteiger charge is 2.21. The summed E-state index contributed by atoms with van der Waals surface area (Å²) in [6.45, 7) is 2.84. The van der Waals surface area contributed by atoms with Gasteiger partial charge in [-0.25, -0.2) is 9.37 Å². The van der Waals surface area contributed by atoms with E-state index >= 15 is 0 Å². The largest absolute Gasteiger partial charge is 0.494 e. The maximum absolute atomic E-state index is 13.2. The third-order valence-corrected chi connectivity index (χ3v) is 4.77. The topological polar surface area (TPSA) is 22.1 Å². The van der Waals surface area contributed by atoms with E-state index in [9.17, 15) is 8.78 Å². The van der Waals surface area contributed by atoms with Gasteiger partial charge in [0.25, 0.3) is 0 Å². The summed E-state index contributed by atoms with van der Waals surface area (Å²) in [7, 11) is 0. The molecule has 3 rings (SSSR count). The molecule has 26 heavy (non-hydrogen) atoms. The molecule has 1 aromatic carbocycles. The van der Waals surface area contributed by atoms with Crippen molar-refractivity contribution in [1.29, 1.82) is 0 Å². The van der Waals surface area contributed by atoms with E-state index in [4.69, 9.17) is 4.74 Å². The Hall–Kier alpha value is -2.41. The summed E-state index contributed by atoms with van der Waals surface area (Å²) in [5.74, 6) is 5.86. The highest BCUT2D eigenvalue weighted by Crippen LogP contribution is 2.36. The van der Waals surface area contributed by atoms with Gasteiger partial charge in [0.15, 0.2) is 5.82 Å². The number of hydrogen-bond donors (Lipinski definition) is 0. The van der Waals surface area contributed by atoms with Crippen LogP contribution in [0.5, 0.6) is 5.75 Å². The normalized spacial score (nSPS) is 19.5. The monoisotopic (exact) mass is 355 g/mol. The summed E-state index contributed by atoms with van der Waals surface area (Å²) in [6.07, 6.45) is 6.49. The molecule has 0 unspecified atom stereocenters. The Kier molecular flexibility index (Phi) is 6.22. The predicted molar refractivity (Wildman–Crippen MR) is 98.0 cm³/mol.